The number of hydrogen-bond acceptors (Lipinski definition) is 5. The van der Waals surface area contributed by atoms with Crippen LogP contribution in [0.3, 0.4) is 0 Å². The SMILES string of the molecule is C[C@H](NC(=O)C1CCN(C(=O)/C=C/c2ccc(S(C)(=O)=O)c(Cl)c2Cl)CC1)C(=O)O. The number of piperidine rings is 1. The van der Waals surface area contributed by atoms with Crippen LogP contribution in [0.2, 0.25) is 10.0 Å². The van der Waals surface area contributed by atoms with Gasteiger partial charge < -0.3 is 15.3 Å². The van der Waals surface area contributed by atoms with E-state index in [1.165, 1.54) is 31.2 Å². The van der Waals surface area contributed by atoms with Crippen LogP contribution in [0.25, 0.3) is 6.08 Å². The summed E-state index contributed by atoms with van der Waals surface area (Å²) in [5, 5.41) is 11.2. The van der Waals surface area contributed by atoms with Crippen molar-refractivity contribution < 1.29 is 27.9 Å². The van der Waals surface area contributed by atoms with E-state index in [0.717, 1.165) is 6.26 Å². The van der Waals surface area contributed by atoms with Gasteiger partial charge in [-0.25, -0.2) is 8.42 Å². The van der Waals surface area contributed by atoms with E-state index in [1.54, 1.807) is 4.90 Å². The van der Waals surface area contributed by atoms with Crippen molar-refractivity contribution in [2.24, 2.45) is 5.92 Å². The average Bonchev–Trinajstić information content (AvgIpc) is 2.67. The Morgan fingerprint density at radius 1 is 1.20 bits per heavy atom. The Morgan fingerprint density at radius 2 is 1.80 bits per heavy atom. The minimum atomic E-state index is -3.53. The van der Waals surface area contributed by atoms with E-state index < -0.39 is 21.8 Å². The van der Waals surface area contributed by atoms with Crippen LogP contribution in [0.4, 0.5) is 0 Å². The fourth-order valence-corrected chi connectivity index (χ4v) is 4.60. The molecule has 1 atom stereocenters. The lowest BCUT2D eigenvalue weighted by atomic mass is 9.95. The zero-order valence-electron chi connectivity index (χ0n) is 16.4. The van der Waals surface area contributed by atoms with Gasteiger partial charge in [-0.1, -0.05) is 29.3 Å². The van der Waals surface area contributed by atoms with E-state index >= 15 is 0 Å². The molecule has 0 saturated carbocycles. The molecule has 1 aromatic rings. The molecule has 1 heterocycles. The molecule has 2 rings (SSSR count). The summed E-state index contributed by atoms with van der Waals surface area (Å²) in [6, 6.07) is 1.83. The maximum Gasteiger partial charge on any atom is 0.325 e. The minimum Gasteiger partial charge on any atom is -0.480 e. The Bertz CT molecular complexity index is 985. The van der Waals surface area contributed by atoms with Gasteiger partial charge in [0.1, 0.15) is 6.04 Å². The number of likely N-dealkylation sites (tertiary alicyclic amines) is 1. The van der Waals surface area contributed by atoms with Crippen LogP contribution in [-0.2, 0) is 24.2 Å². The Kier molecular flexibility index (Phi) is 7.90. The van der Waals surface area contributed by atoms with Crippen molar-refractivity contribution in [3.05, 3.63) is 33.8 Å². The summed E-state index contributed by atoms with van der Waals surface area (Å²) < 4.78 is 23.4. The second-order valence-corrected chi connectivity index (χ2v) is 9.79. The summed E-state index contributed by atoms with van der Waals surface area (Å²) in [5.41, 5.74) is 0.402. The lowest BCUT2D eigenvalue weighted by molar-refractivity contribution is -0.142. The highest BCUT2D eigenvalue weighted by molar-refractivity contribution is 7.90. The molecule has 0 bridgehead atoms. The van der Waals surface area contributed by atoms with Crippen LogP contribution in [0, 0.1) is 5.92 Å². The minimum absolute atomic E-state index is 0.0339. The van der Waals surface area contributed by atoms with Gasteiger partial charge in [0.2, 0.25) is 11.8 Å². The van der Waals surface area contributed by atoms with Crippen molar-refractivity contribution in [2.75, 3.05) is 19.3 Å². The van der Waals surface area contributed by atoms with Crippen molar-refractivity contribution >= 4 is 56.9 Å². The van der Waals surface area contributed by atoms with Gasteiger partial charge in [0.15, 0.2) is 9.84 Å². The second-order valence-electron chi connectivity index (χ2n) is 7.05. The Balaban J connectivity index is 1.98. The lowest BCUT2D eigenvalue weighted by Gasteiger charge is -2.31. The molecule has 0 spiro atoms. The highest BCUT2D eigenvalue weighted by Crippen LogP contribution is 2.33. The Labute approximate surface area is 184 Å². The maximum atomic E-state index is 12.4. The quantitative estimate of drug-likeness (QED) is 0.607. The summed E-state index contributed by atoms with van der Waals surface area (Å²) in [6.07, 6.45) is 4.64. The van der Waals surface area contributed by atoms with Gasteiger partial charge >= 0.3 is 5.97 Å². The monoisotopic (exact) mass is 476 g/mol. The Hall–Kier alpha value is -2.10. The number of aliphatic carboxylic acids is 1. The van der Waals surface area contributed by atoms with Gasteiger partial charge in [-0.3, -0.25) is 14.4 Å². The standard InChI is InChI=1S/C19H22Cl2N2O6S/c1-11(19(26)27)22-18(25)13-7-9-23(10-8-13)15(24)6-4-12-3-5-14(30(2,28)29)17(21)16(12)20/h3-6,11,13H,7-10H2,1-2H3,(H,22,25)(H,26,27)/b6-4+/t11-/m0/s1. The van der Waals surface area contributed by atoms with Gasteiger partial charge in [0.05, 0.1) is 14.9 Å². The molecule has 0 aromatic heterocycles. The molecule has 1 fully saturated rings. The fourth-order valence-electron chi connectivity index (χ4n) is 2.98. The summed E-state index contributed by atoms with van der Waals surface area (Å²) in [6.45, 7) is 2.10. The van der Waals surface area contributed by atoms with E-state index in [-0.39, 0.29) is 32.7 Å². The van der Waals surface area contributed by atoms with Crippen LogP contribution in [0.5, 0.6) is 0 Å². The molecular formula is C19H22Cl2N2O6S. The molecule has 0 aliphatic carbocycles. The fraction of sp³-hybridized carbons (Fsp3) is 0.421. The number of carbonyl (C=O) groups excluding carboxylic acids is 2. The third-order valence-electron chi connectivity index (χ3n) is 4.79. The van der Waals surface area contributed by atoms with Crippen LogP contribution in [0.1, 0.15) is 25.3 Å². The third kappa shape index (κ3) is 5.96. The summed E-state index contributed by atoms with van der Waals surface area (Å²) >= 11 is 12.2. The van der Waals surface area contributed by atoms with E-state index in [9.17, 15) is 22.8 Å². The normalized spacial score (nSPS) is 16.5. The largest absolute Gasteiger partial charge is 0.480 e. The molecule has 30 heavy (non-hydrogen) atoms. The predicted molar refractivity (Wildman–Crippen MR) is 113 cm³/mol. The van der Waals surface area contributed by atoms with Crippen LogP contribution in [-0.4, -0.2) is 61.6 Å². The van der Waals surface area contributed by atoms with E-state index in [1.807, 2.05) is 0 Å². The molecule has 2 N–H and O–H groups in total. The third-order valence-corrected chi connectivity index (χ3v) is 6.94. The summed E-state index contributed by atoms with van der Waals surface area (Å²) in [7, 11) is -3.53. The van der Waals surface area contributed by atoms with Crippen molar-refractivity contribution in [2.45, 2.75) is 30.7 Å². The van der Waals surface area contributed by atoms with Gasteiger partial charge in [-0.15, -0.1) is 0 Å². The van der Waals surface area contributed by atoms with Crippen LogP contribution >= 0.6 is 23.2 Å². The number of benzene rings is 1. The van der Waals surface area contributed by atoms with Crippen molar-refractivity contribution in [1.82, 2.24) is 10.2 Å². The summed E-state index contributed by atoms with van der Waals surface area (Å²) in [5.74, 6) is -2.08. The number of nitrogens with zero attached hydrogens (tertiary/aromatic N) is 1. The summed E-state index contributed by atoms with van der Waals surface area (Å²) in [4.78, 5) is 36.9. The van der Waals surface area contributed by atoms with Crippen LogP contribution < -0.4 is 5.32 Å². The van der Waals surface area contributed by atoms with Gasteiger partial charge in [-0.05, 0) is 37.5 Å². The molecule has 8 nitrogen and oxygen atoms in total. The first-order valence-electron chi connectivity index (χ1n) is 9.10. The first-order valence-corrected chi connectivity index (χ1v) is 11.7. The number of carboxylic acids is 1. The molecular weight excluding hydrogens is 455 g/mol. The zero-order chi connectivity index (χ0) is 22.6. The zero-order valence-corrected chi connectivity index (χ0v) is 18.7. The smallest absolute Gasteiger partial charge is 0.325 e. The number of nitrogens with one attached hydrogen (secondary N) is 1. The lowest BCUT2D eigenvalue weighted by Crippen LogP contribution is -2.46. The topological polar surface area (TPSA) is 121 Å². The number of hydrogen-bond donors (Lipinski definition) is 2. The maximum absolute atomic E-state index is 12.4. The van der Waals surface area contributed by atoms with Crippen molar-refractivity contribution in [1.29, 1.82) is 0 Å². The van der Waals surface area contributed by atoms with Gasteiger partial charge in [-0.2, -0.15) is 0 Å². The first-order chi connectivity index (χ1) is 13.9. The number of amides is 2. The first kappa shape index (κ1) is 24.2. The average molecular weight is 477 g/mol. The second kappa shape index (κ2) is 9.80. The Morgan fingerprint density at radius 3 is 2.33 bits per heavy atom. The molecule has 2 amide bonds. The van der Waals surface area contributed by atoms with E-state index in [2.05, 4.69) is 5.32 Å². The molecule has 1 aliphatic heterocycles. The number of rotatable bonds is 6. The number of halogens is 2. The molecule has 0 unspecified atom stereocenters. The van der Waals surface area contributed by atoms with Crippen molar-refractivity contribution in [3.8, 4) is 0 Å². The van der Waals surface area contributed by atoms with E-state index in [4.69, 9.17) is 28.3 Å². The number of sulfone groups is 1. The molecule has 1 aliphatic rings. The van der Waals surface area contributed by atoms with Gasteiger partial charge in [0.25, 0.3) is 0 Å². The predicted octanol–water partition coefficient (Wildman–Crippen LogP) is 2.24. The number of carboxylic acid groups (broad SMARTS) is 1. The highest BCUT2D eigenvalue weighted by atomic mass is 35.5. The molecule has 11 heteroatoms. The number of carbonyl (C=O) groups is 3. The molecule has 0 radical (unpaired) electrons. The van der Waals surface area contributed by atoms with Crippen molar-refractivity contribution in [3.63, 3.8) is 0 Å². The van der Waals surface area contributed by atoms with Crippen LogP contribution in [0.15, 0.2) is 23.1 Å². The molecule has 164 valence electrons. The molecule has 1 saturated heterocycles. The van der Waals surface area contributed by atoms with E-state index in [0.29, 0.717) is 31.5 Å². The highest BCUT2D eigenvalue weighted by Gasteiger charge is 2.28. The molecule has 1 aromatic carbocycles. The van der Waals surface area contributed by atoms with Gasteiger partial charge in [0, 0.05) is 31.3 Å².